The summed E-state index contributed by atoms with van der Waals surface area (Å²) in [7, 11) is 0. The second-order valence-electron chi connectivity index (χ2n) is 6.00. The predicted molar refractivity (Wildman–Crippen MR) is 106 cm³/mol. The van der Waals surface area contributed by atoms with E-state index < -0.39 is 17.1 Å². The Kier molecular flexibility index (Phi) is 5.14. The van der Waals surface area contributed by atoms with Crippen LogP contribution in [0.5, 0.6) is 5.88 Å². The fraction of sp³-hybridized carbons (Fsp3) is 0.105. The summed E-state index contributed by atoms with van der Waals surface area (Å²) in [6.45, 7) is 3.68. The lowest BCUT2D eigenvalue weighted by Gasteiger charge is -2.12. The Labute approximate surface area is 159 Å². The molecule has 3 aromatic rings. The van der Waals surface area contributed by atoms with Crippen LogP contribution in [-0.2, 0) is 0 Å². The lowest BCUT2D eigenvalue weighted by molar-refractivity contribution is 0.430. The fourth-order valence-corrected chi connectivity index (χ4v) is 2.66. The second kappa shape index (κ2) is 7.51. The first kappa shape index (κ1) is 18.5. The molecule has 0 bridgehead atoms. The zero-order chi connectivity index (χ0) is 19.6. The normalized spacial score (nSPS) is 11.1. The van der Waals surface area contributed by atoms with Crippen molar-refractivity contribution in [1.82, 2.24) is 9.55 Å². The monoisotopic (exact) mass is 384 g/mol. The molecule has 0 unspecified atom stereocenters. The van der Waals surface area contributed by atoms with E-state index in [1.807, 2.05) is 26.0 Å². The molecule has 0 aliphatic rings. The van der Waals surface area contributed by atoms with Crippen LogP contribution in [0.2, 0.25) is 5.02 Å². The third-order valence-electron chi connectivity index (χ3n) is 3.96. The van der Waals surface area contributed by atoms with Gasteiger partial charge in [-0.05, 0) is 55.3 Å². The molecule has 138 valence electrons. The van der Waals surface area contributed by atoms with Crippen molar-refractivity contribution in [2.45, 2.75) is 13.8 Å². The number of rotatable bonds is 4. The van der Waals surface area contributed by atoms with Crippen molar-refractivity contribution >= 4 is 23.5 Å². The highest BCUT2D eigenvalue weighted by Crippen LogP contribution is 2.20. The number of anilines is 1. The number of aromatic nitrogens is 2. The number of nitrogens with zero attached hydrogens (tertiary/aromatic N) is 2. The van der Waals surface area contributed by atoms with Gasteiger partial charge in [0.05, 0.1) is 17.6 Å². The van der Waals surface area contributed by atoms with E-state index in [1.165, 1.54) is 0 Å². The highest BCUT2D eigenvalue weighted by Gasteiger charge is 2.15. The van der Waals surface area contributed by atoms with Crippen molar-refractivity contribution in [3.63, 3.8) is 0 Å². The first-order valence-corrected chi connectivity index (χ1v) is 8.45. The van der Waals surface area contributed by atoms with E-state index in [1.54, 1.807) is 30.3 Å². The van der Waals surface area contributed by atoms with Gasteiger partial charge in [-0.15, -0.1) is 0 Å². The topological polar surface area (TPSA) is 99.5 Å². The summed E-state index contributed by atoms with van der Waals surface area (Å²) >= 11 is 5.82. The number of H-pyrrole nitrogens is 1. The van der Waals surface area contributed by atoms with Gasteiger partial charge in [-0.1, -0.05) is 23.7 Å². The molecule has 3 N–H and O–H groups in total. The summed E-state index contributed by atoms with van der Waals surface area (Å²) in [6, 6.07) is 12.3. The molecule has 8 heteroatoms. The summed E-state index contributed by atoms with van der Waals surface area (Å²) in [5.41, 5.74) is 3.93. The Morgan fingerprint density at radius 2 is 1.85 bits per heavy atom. The molecular weight excluding hydrogens is 368 g/mol. The highest BCUT2D eigenvalue weighted by molar-refractivity contribution is 6.30. The van der Waals surface area contributed by atoms with Crippen molar-refractivity contribution in [1.29, 1.82) is 0 Å². The molecule has 3 rings (SSSR count). The minimum absolute atomic E-state index is 0.142. The van der Waals surface area contributed by atoms with Crippen molar-refractivity contribution in [2.75, 3.05) is 5.43 Å². The van der Waals surface area contributed by atoms with Crippen LogP contribution in [0.3, 0.4) is 0 Å². The SMILES string of the molecule is Cc1ccc(C)c(-n2c(O)c(C=NNc3ccc(Cl)cc3)c(=O)[nH]c2=O)c1. The van der Waals surface area contributed by atoms with Crippen LogP contribution >= 0.6 is 11.6 Å². The van der Waals surface area contributed by atoms with Gasteiger partial charge < -0.3 is 5.11 Å². The van der Waals surface area contributed by atoms with E-state index in [2.05, 4.69) is 15.5 Å². The molecule has 7 nitrogen and oxygen atoms in total. The molecule has 0 atom stereocenters. The number of nitrogens with one attached hydrogen (secondary N) is 2. The summed E-state index contributed by atoms with van der Waals surface area (Å²) in [6.07, 6.45) is 1.16. The van der Waals surface area contributed by atoms with Crippen molar-refractivity contribution in [3.05, 3.63) is 85.0 Å². The third kappa shape index (κ3) is 3.93. The zero-order valence-corrected chi connectivity index (χ0v) is 15.4. The zero-order valence-electron chi connectivity index (χ0n) is 14.7. The highest BCUT2D eigenvalue weighted by atomic mass is 35.5. The molecule has 0 radical (unpaired) electrons. The van der Waals surface area contributed by atoms with Gasteiger partial charge in [-0.25, -0.2) is 9.36 Å². The predicted octanol–water partition coefficient (Wildman–Crippen LogP) is 2.95. The Bertz CT molecular complexity index is 1130. The Morgan fingerprint density at radius 3 is 2.56 bits per heavy atom. The summed E-state index contributed by atoms with van der Waals surface area (Å²) in [5, 5.41) is 15.1. The van der Waals surface area contributed by atoms with Crippen LogP contribution in [0.4, 0.5) is 5.69 Å². The van der Waals surface area contributed by atoms with Gasteiger partial charge in [-0.2, -0.15) is 5.10 Å². The molecule has 0 saturated heterocycles. The summed E-state index contributed by atoms with van der Waals surface area (Å²) in [5.74, 6) is -0.487. The molecule has 1 aromatic heterocycles. The molecule has 1 heterocycles. The fourth-order valence-electron chi connectivity index (χ4n) is 2.53. The molecule has 0 fully saturated rings. The molecule has 0 aliphatic carbocycles. The number of aryl methyl sites for hydroxylation is 2. The maximum Gasteiger partial charge on any atom is 0.335 e. The molecule has 0 spiro atoms. The van der Waals surface area contributed by atoms with E-state index in [0.29, 0.717) is 16.4 Å². The maximum atomic E-state index is 12.3. The van der Waals surface area contributed by atoms with Gasteiger partial charge >= 0.3 is 5.69 Å². The molecular formula is C19H17ClN4O3. The number of aromatic amines is 1. The van der Waals surface area contributed by atoms with E-state index in [4.69, 9.17) is 11.6 Å². The smallest absolute Gasteiger partial charge is 0.335 e. The van der Waals surface area contributed by atoms with Gasteiger partial charge in [0.25, 0.3) is 5.56 Å². The Balaban J connectivity index is 2.03. The molecule has 0 aliphatic heterocycles. The minimum Gasteiger partial charge on any atom is -0.493 e. The lowest BCUT2D eigenvalue weighted by atomic mass is 10.1. The molecule has 2 aromatic carbocycles. The first-order valence-electron chi connectivity index (χ1n) is 8.07. The average Bonchev–Trinajstić information content (AvgIpc) is 2.62. The maximum absolute atomic E-state index is 12.3. The van der Waals surface area contributed by atoms with Crippen LogP contribution in [0.25, 0.3) is 5.69 Å². The van der Waals surface area contributed by atoms with E-state index in [9.17, 15) is 14.7 Å². The third-order valence-corrected chi connectivity index (χ3v) is 4.21. The molecule has 0 saturated carbocycles. The minimum atomic E-state index is -0.735. The van der Waals surface area contributed by atoms with Gasteiger partial charge in [0, 0.05) is 5.02 Å². The van der Waals surface area contributed by atoms with Crippen LogP contribution in [-0.4, -0.2) is 20.9 Å². The van der Waals surface area contributed by atoms with Crippen LogP contribution < -0.4 is 16.7 Å². The van der Waals surface area contributed by atoms with Crippen molar-refractivity contribution in [3.8, 4) is 11.6 Å². The van der Waals surface area contributed by atoms with E-state index in [0.717, 1.165) is 21.9 Å². The van der Waals surface area contributed by atoms with Gasteiger partial charge in [0.2, 0.25) is 5.88 Å². The Morgan fingerprint density at radius 1 is 1.15 bits per heavy atom. The second-order valence-corrected chi connectivity index (χ2v) is 6.44. The van der Waals surface area contributed by atoms with Crippen molar-refractivity contribution in [2.24, 2.45) is 5.10 Å². The van der Waals surface area contributed by atoms with Crippen LogP contribution in [0.1, 0.15) is 16.7 Å². The number of hydrazone groups is 1. The number of aromatic hydroxyl groups is 1. The van der Waals surface area contributed by atoms with Gasteiger partial charge in [-0.3, -0.25) is 15.2 Å². The first-order chi connectivity index (χ1) is 12.9. The van der Waals surface area contributed by atoms with Gasteiger partial charge in [0.1, 0.15) is 5.56 Å². The largest absolute Gasteiger partial charge is 0.493 e. The number of hydrogen-bond acceptors (Lipinski definition) is 5. The average molecular weight is 385 g/mol. The quantitative estimate of drug-likeness (QED) is 0.475. The number of benzene rings is 2. The number of hydrogen-bond donors (Lipinski definition) is 3. The molecule has 27 heavy (non-hydrogen) atoms. The summed E-state index contributed by atoms with van der Waals surface area (Å²) < 4.78 is 1.05. The lowest BCUT2D eigenvalue weighted by Crippen LogP contribution is -2.31. The number of halogens is 1. The van der Waals surface area contributed by atoms with E-state index >= 15 is 0 Å². The van der Waals surface area contributed by atoms with Crippen LogP contribution in [0, 0.1) is 13.8 Å². The van der Waals surface area contributed by atoms with E-state index in [-0.39, 0.29) is 5.56 Å². The standard InChI is InChI=1S/C19H17ClN4O3/c1-11-3-4-12(2)16(9-11)24-18(26)15(17(25)22-19(24)27)10-21-23-14-7-5-13(20)6-8-14/h3-10,23,26H,1-2H3,(H,22,25,27). The summed E-state index contributed by atoms with van der Waals surface area (Å²) in [4.78, 5) is 26.6. The molecule has 0 amide bonds. The Hall–Kier alpha value is -3.32. The van der Waals surface area contributed by atoms with Crippen LogP contribution in [0.15, 0.2) is 57.2 Å². The van der Waals surface area contributed by atoms with Crippen molar-refractivity contribution < 1.29 is 5.11 Å². The van der Waals surface area contributed by atoms with Gasteiger partial charge in [0.15, 0.2) is 0 Å².